The van der Waals surface area contributed by atoms with Gasteiger partial charge in [-0.15, -0.1) is 0 Å². The second kappa shape index (κ2) is 15.8. The Morgan fingerprint density at radius 2 is 1.83 bits per heavy atom. The van der Waals surface area contributed by atoms with Crippen molar-refractivity contribution >= 4 is 17.7 Å². The van der Waals surface area contributed by atoms with Crippen LogP contribution >= 0.6 is 0 Å². The van der Waals surface area contributed by atoms with E-state index in [0.29, 0.717) is 18.4 Å². The van der Waals surface area contributed by atoms with Crippen molar-refractivity contribution in [1.29, 1.82) is 0 Å². The molecule has 3 N–H and O–H groups in total. The summed E-state index contributed by atoms with van der Waals surface area (Å²) in [7, 11) is 0. The number of unbranched alkanes of at least 4 members (excludes halogenated alkanes) is 5. The minimum Gasteiger partial charge on any atom is -0.550 e. The maximum Gasteiger partial charge on any atom is 0.330 e. The van der Waals surface area contributed by atoms with Crippen LogP contribution in [-0.4, -0.2) is 70.2 Å². The number of aliphatic hydroxyl groups excluding tert-OH is 2. The first-order valence-corrected chi connectivity index (χ1v) is 12.4. The van der Waals surface area contributed by atoms with Crippen molar-refractivity contribution in [2.75, 3.05) is 13.2 Å². The number of esters is 1. The van der Waals surface area contributed by atoms with Crippen molar-refractivity contribution in [1.82, 2.24) is 0 Å². The minimum absolute atomic E-state index is 0.00461. The number of Topliss-reactive ketones (excluding diaryl/α,β-unsaturated/α-hetero) is 1. The van der Waals surface area contributed by atoms with Gasteiger partial charge in [0.2, 0.25) is 0 Å². The molecule has 0 aromatic carbocycles. The summed E-state index contributed by atoms with van der Waals surface area (Å²) in [6.45, 7) is 5.16. The highest BCUT2D eigenvalue weighted by Crippen LogP contribution is 2.28. The van der Waals surface area contributed by atoms with Crippen molar-refractivity contribution in [3.63, 3.8) is 0 Å². The molecule has 0 spiro atoms. The van der Waals surface area contributed by atoms with E-state index in [-0.39, 0.29) is 38.4 Å². The fourth-order valence-corrected chi connectivity index (χ4v) is 3.67. The third-order valence-corrected chi connectivity index (χ3v) is 6.19. The van der Waals surface area contributed by atoms with E-state index in [1.807, 2.05) is 6.92 Å². The lowest BCUT2D eigenvalue weighted by molar-refractivity contribution is -0.305. The van der Waals surface area contributed by atoms with Gasteiger partial charge in [0, 0.05) is 18.5 Å². The number of ketones is 1. The Morgan fingerprint density at radius 1 is 1.20 bits per heavy atom. The number of carbonyl (C=O) groups excluding carboxylic acids is 3. The van der Waals surface area contributed by atoms with E-state index in [4.69, 9.17) is 9.47 Å². The number of carboxylic acid groups (broad SMARTS) is 1. The Labute approximate surface area is 207 Å². The van der Waals surface area contributed by atoms with Gasteiger partial charge in [0.25, 0.3) is 0 Å². The predicted octanol–water partition coefficient (Wildman–Crippen LogP) is 1.37. The van der Waals surface area contributed by atoms with Gasteiger partial charge in [-0.2, -0.15) is 0 Å². The molecule has 0 saturated carbocycles. The lowest BCUT2D eigenvalue weighted by Gasteiger charge is -2.38. The average Bonchev–Trinajstić information content (AvgIpc) is 2.78. The Hall–Kier alpha value is -2.07. The number of carboxylic acids is 1. The summed E-state index contributed by atoms with van der Waals surface area (Å²) in [6.07, 6.45) is 6.57. The first-order valence-electron chi connectivity index (χ1n) is 12.4. The molecule has 5 atom stereocenters. The average molecular weight is 498 g/mol. The van der Waals surface area contributed by atoms with E-state index in [1.165, 1.54) is 6.08 Å². The molecule has 1 aliphatic heterocycles. The van der Waals surface area contributed by atoms with E-state index in [0.717, 1.165) is 25.7 Å². The number of rotatable bonds is 16. The van der Waals surface area contributed by atoms with E-state index in [1.54, 1.807) is 26.0 Å². The Kier molecular flexibility index (Phi) is 14.0. The highest BCUT2D eigenvalue weighted by atomic mass is 16.5. The summed E-state index contributed by atoms with van der Waals surface area (Å²) in [5.74, 6) is -2.32. The minimum atomic E-state index is -1.74. The molecule has 9 nitrogen and oxygen atoms in total. The summed E-state index contributed by atoms with van der Waals surface area (Å²) in [4.78, 5) is 34.9. The molecular weight excluding hydrogens is 456 g/mol. The number of aliphatic carboxylic acids is 1. The zero-order chi connectivity index (χ0) is 26.4. The summed E-state index contributed by atoms with van der Waals surface area (Å²) < 4.78 is 10.7. The van der Waals surface area contributed by atoms with E-state index < -0.39 is 41.6 Å². The number of hydrogen-bond acceptors (Lipinski definition) is 9. The molecule has 1 heterocycles. The summed E-state index contributed by atoms with van der Waals surface area (Å²) in [5, 5.41) is 40.9. The monoisotopic (exact) mass is 497 g/mol. The van der Waals surface area contributed by atoms with Crippen LogP contribution < -0.4 is 5.11 Å². The fraction of sp³-hybridized carbons (Fsp3) is 0.731. The largest absolute Gasteiger partial charge is 0.550 e. The lowest BCUT2D eigenvalue weighted by atomic mass is 9.84. The number of aliphatic hydroxyl groups is 3. The van der Waals surface area contributed by atoms with Gasteiger partial charge in [0.05, 0.1) is 19.3 Å². The molecule has 0 aromatic heterocycles. The van der Waals surface area contributed by atoms with Gasteiger partial charge in [0.15, 0.2) is 5.78 Å². The number of hydrogen-bond donors (Lipinski definition) is 3. The summed E-state index contributed by atoms with van der Waals surface area (Å²) in [5.41, 5.74) is -1.18. The van der Waals surface area contributed by atoms with Gasteiger partial charge in [0.1, 0.15) is 17.8 Å². The van der Waals surface area contributed by atoms with Crippen LogP contribution in [0, 0.1) is 5.92 Å². The molecule has 1 rings (SSSR count). The summed E-state index contributed by atoms with van der Waals surface area (Å²) >= 11 is 0. The van der Waals surface area contributed by atoms with Crippen molar-refractivity contribution < 1.29 is 44.3 Å². The Morgan fingerprint density at radius 3 is 2.46 bits per heavy atom. The van der Waals surface area contributed by atoms with Crippen LogP contribution in [0.25, 0.3) is 0 Å². The van der Waals surface area contributed by atoms with Crippen LogP contribution in [0.5, 0.6) is 0 Å². The quantitative estimate of drug-likeness (QED) is 0.124. The molecule has 0 amide bonds. The molecule has 35 heavy (non-hydrogen) atoms. The second-order valence-corrected chi connectivity index (χ2v) is 9.55. The van der Waals surface area contributed by atoms with E-state index in [9.17, 15) is 34.8 Å². The van der Waals surface area contributed by atoms with Gasteiger partial charge in [-0.25, -0.2) is 4.79 Å². The smallest absolute Gasteiger partial charge is 0.330 e. The van der Waals surface area contributed by atoms with Gasteiger partial charge >= 0.3 is 5.97 Å². The molecule has 9 heteroatoms. The molecule has 0 aromatic rings. The first-order chi connectivity index (χ1) is 16.5. The van der Waals surface area contributed by atoms with Gasteiger partial charge in [-0.05, 0) is 45.4 Å². The Bertz CT molecular complexity index is 743. The van der Waals surface area contributed by atoms with E-state index in [2.05, 4.69) is 0 Å². The van der Waals surface area contributed by atoms with Crippen LogP contribution in [0.2, 0.25) is 0 Å². The SMILES string of the molecule is C/C(=C\C(=O)OCCCCCCCCC(=O)[O-])C[C@@H]1OC[C@](O)(C/C=C/[C@@H](C)[C@H](C)O)[C@@H](O)C1=O. The number of ether oxygens (including phenoxy) is 2. The zero-order valence-corrected chi connectivity index (χ0v) is 21.1. The first kappa shape index (κ1) is 31.0. The lowest BCUT2D eigenvalue weighted by Crippen LogP contribution is -2.58. The standard InChI is InChI=1S/C26H42O9/c1-18(16-23(30)34-14-9-7-5-4-6-8-12-22(28)29)15-21-24(31)25(32)26(33,17-35-21)13-10-11-19(2)20(3)27/h10-11,16,19-21,25,27,32-33H,4-9,12-15,17H2,1-3H3,(H,28,29)/p-1/b11-10+,18-16+/t19-,20+,21+,25+,26-/m1/s1. The molecular formula is C26H41O9-. The van der Waals surface area contributed by atoms with Gasteiger partial charge < -0.3 is 34.7 Å². The molecule has 1 aliphatic rings. The maximum absolute atomic E-state index is 12.6. The Balaban J connectivity index is 2.36. The van der Waals surface area contributed by atoms with Crippen LogP contribution in [0.1, 0.15) is 78.6 Å². The second-order valence-electron chi connectivity index (χ2n) is 9.55. The zero-order valence-electron chi connectivity index (χ0n) is 21.1. The van der Waals surface area contributed by atoms with Crippen LogP contribution in [0.4, 0.5) is 0 Å². The molecule has 1 fully saturated rings. The van der Waals surface area contributed by atoms with Crippen LogP contribution in [0.3, 0.4) is 0 Å². The molecule has 0 unspecified atom stereocenters. The van der Waals surface area contributed by atoms with Crippen molar-refractivity contribution in [2.45, 2.75) is 102 Å². The molecule has 0 bridgehead atoms. The molecule has 200 valence electrons. The van der Waals surface area contributed by atoms with Crippen molar-refractivity contribution in [2.24, 2.45) is 5.92 Å². The molecule has 1 saturated heterocycles. The summed E-state index contributed by atoms with van der Waals surface area (Å²) in [6, 6.07) is 0. The number of carbonyl (C=O) groups is 3. The van der Waals surface area contributed by atoms with Crippen LogP contribution in [-0.2, 0) is 23.9 Å². The fourth-order valence-electron chi connectivity index (χ4n) is 3.67. The predicted molar refractivity (Wildman–Crippen MR) is 127 cm³/mol. The van der Waals surface area contributed by atoms with E-state index >= 15 is 0 Å². The molecule has 0 aliphatic carbocycles. The van der Waals surface area contributed by atoms with Gasteiger partial charge in [-0.3, -0.25) is 4.79 Å². The van der Waals surface area contributed by atoms with Gasteiger partial charge in [-0.1, -0.05) is 50.3 Å². The topological polar surface area (TPSA) is 153 Å². The third-order valence-electron chi connectivity index (χ3n) is 6.19. The highest BCUT2D eigenvalue weighted by molar-refractivity contribution is 5.89. The maximum atomic E-state index is 12.6. The van der Waals surface area contributed by atoms with Crippen molar-refractivity contribution in [3.05, 3.63) is 23.8 Å². The third kappa shape index (κ3) is 11.9. The molecule has 0 radical (unpaired) electrons. The van der Waals surface area contributed by atoms with Crippen molar-refractivity contribution in [3.8, 4) is 0 Å². The normalized spacial score (nSPS) is 25.0. The highest BCUT2D eigenvalue weighted by Gasteiger charge is 2.47. The van der Waals surface area contributed by atoms with Crippen LogP contribution in [0.15, 0.2) is 23.8 Å².